The fourth-order valence-corrected chi connectivity index (χ4v) is 3.14. The van der Waals surface area contributed by atoms with E-state index in [0.29, 0.717) is 24.5 Å². The maximum absolute atomic E-state index is 12.0. The minimum absolute atomic E-state index is 0. The number of halogens is 1. The molecule has 0 spiro atoms. The van der Waals surface area contributed by atoms with Crippen molar-refractivity contribution >= 4 is 35.8 Å². The number of carbonyl (C=O) groups is 1. The van der Waals surface area contributed by atoms with Gasteiger partial charge in [0, 0.05) is 39.8 Å². The Bertz CT molecular complexity index is 619. The second kappa shape index (κ2) is 13.8. The molecule has 0 saturated carbocycles. The van der Waals surface area contributed by atoms with Crippen molar-refractivity contribution in [2.45, 2.75) is 26.4 Å². The molecule has 1 atom stereocenters. The van der Waals surface area contributed by atoms with Crippen molar-refractivity contribution in [3.8, 4) is 0 Å². The molecule has 1 unspecified atom stereocenters. The van der Waals surface area contributed by atoms with Crippen LogP contribution in [0.1, 0.15) is 19.4 Å². The molecule has 2 N–H and O–H groups in total. The van der Waals surface area contributed by atoms with Gasteiger partial charge in [-0.15, -0.1) is 24.0 Å². The molecule has 1 fully saturated rings. The van der Waals surface area contributed by atoms with Gasteiger partial charge < -0.3 is 20.3 Å². The van der Waals surface area contributed by atoms with Gasteiger partial charge in [0.15, 0.2) is 5.96 Å². The first-order valence-corrected chi connectivity index (χ1v) is 10.1. The lowest BCUT2D eigenvalue weighted by Crippen LogP contribution is -2.53. The minimum Gasteiger partial charge on any atom is -0.379 e. The molecule has 0 aromatic heterocycles. The molecule has 1 aromatic rings. The molecule has 0 aliphatic carbocycles. The zero-order valence-electron chi connectivity index (χ0n) is 18.1. The summed E-state index contributed by atoms with van der Waals surface area (Å²) < 4.78 is 5.49. The van der Waals surface area contributed by atoms with E-state index in [2.05, 4.69) is 46.5 Å². The van der Waals surface area contributed by atoms with Crippen LogP contribution < -0.4 is 10.6 Å². The average molecular weight is 517 g/mol. The molecule has 29 heavy (non-hydrogen) atoms. The zero-order valence-corrected chi connectivity index (χ0v) is 20.4. The van der Waals surface area contributed by atoms with E-state index in [1.54, 1.807) is 19.0 Å². The van der Waals surface area contributed by atoms with Gasteiger partial charge >= 0.3 is 0 Å². The van der Waals surface area contributed by atoms with Crippen LogP contribution in [0.25, 0.3) is 0 Å². The van der Waals surface area contributed by atoms with Crippen molar-refractivity contribution in [1.29, 1.82) is 0 Å². The summed E-state index contributed by atoms with van der Waals surface area (Å²) in [6.45, 7) is 9.52. The van der Waals surface area contributed by atoms with Gasteiger partial charge in [-0.05, 0) is 11.5 Å². The summed E-state index contributed by atoms with van der Waals surface area (Å²) in [5, 5.41) is 6.62. The zero-order chi connectivity index (χ0) is 20.4. The summed E-state index contributed by atoms with van der Waals surface area (Å²) in [6.07, 6.45) is 0. The number of nitrogens with one attached hydrogen (secondary N) is 2. The molecule has 1 aliphatic heterocycles. The Kier molecular flexibility index (Phi) is 12.2. The Morgan fingerprint density at radius 2 is 1.83 bits per heavy atom. The largest absolute Gasteiger partial charge is 0.379 e. The Morgan fingerprint density at radius 1 is 1.17 bits per heavy atom. The average Bonchev–Trinajstić information content (AvgIpc) is 2.70. The van der Waals surface area contributed by atoms with Crippen LogP contribution in [0.5, 0.6) is 0 Å². The monoisotopic (exact) mass is 517 g/mol. The number of ether oxygens (including phenoxy) is 1. The highest BCUT2D eigenvalue weighted by Gasteiger charge is 2.24. The quantitative estimate of drug-likeness (QED) is 0.313. The lowest BCUT2D eigenvalue weighted by atomic mass is 10.0. The molecule has 1 aliphatic rings. The van der Waals surface area contributed by atoms with Gasteiger partial charge in [0.25, 0.3) is 0 Å². The standard InChI is InChI=1S/C21H35N5O2.HI/c1-17(2)19(26-10-12-28-13-11-26)15-23-21(24-16-20(27)25(3)4)22-14-18-8-6-5-7-9-18;/h5-9,17,19H,10-16H2,1-4H3,(H2,22,23,24);1H. The highest BCUT2D eigenvalue weighted by molar-refractivity contribution is 14.0. The molecule has 0 bridgehead atoms. The van der Waals surface area contributed by atoms with E-state index in [1.807, 2.05) is 18.2 Å². The summed E-state index contributed by atoms with van der Waals surface area (Å²) in [5.41, 5.74) is 1.14. The number of hydrogen-bond acceptors (Lipinski definition) is 4. The number of benzene rings is 1. The van der Waals surface area contributed by atoms with Crippen molar-refractivity contribution in [2.75, 3.05) is 53.5 Å². The van der Waals surface area contributed by atoms with E-state index >= 15 is 0 Å². The van der Waals surface area contributed by atoms with Crippen LogP contribution >= 0.6 is 24.0 Å². The van der Waals surface area contributed by atoms with Crippen molar-refractivity contribution in [1.82, 2.24) is 20.4 Å². The van der Waals surface area contributed by atoms with Crippen molar-refractivity contribution in [3.05, 3.63) is 35.9 Å². The number of likely N-dealkylation sites (N-methyl/N-ethyl adjacent to an activating group) is 1. The van der Waals surface area contributed by atoms with Crippen LogP contribution in [-0.2, 0) is 16.1 Å². The van der Waals surface area contributed by atoms with Gasteiger partial charge in [0.1, 0.15) is 0 Å². The number of hydrogen-bond donors (Lipinski definition) is 2. The maximum Gasteiger partial charge on any atom is 0.241 e. The second-order valence-corrected chi connectivity index (χ2v) is 7.63. The third-order valence-corrected chi connectivity index (χ3v) is 4.93. The van der Waals surface area contributed by atoms with Crippen LogP contribution in [0.4, 0.5) is 0 Å². The Balaban J connectivity index is 0.00000420. The molecular formula is C21H36IN5O2. The fraction of sp³-hybridized carbons (Fsp3) is 0.619. The number of carbonyl (C=O) groups excluding carboxylic acids is 1. The predicted molar refractivity (Wildman–Crippen MR) is 129 cm³/mol. The molecule has 1 saturated heterocycles. The van der Waals surface area contributed by atoms with Crippen molar-refractivity contribution in [3.63, 3.8) is 0 Å². The summed E-state index contributed by atoms with van der Waals surface area (Å²) in [4.78, 5) is 20.7. The SMILES string of the molecule is CC(C)C(CNC(=NCc1ccccc1)NCC(=O)N(C)C)N1CCOCC1.I. The van der Waals surface area contributed by atoms with Gasteiger partial charge in [-0.2, -0.15) is 0 Å². The summed E-state index contributed by atoms with van der Waals surface area (Å²) in [7, 11) is 3.51. The molecule has 0 radical (unpaired) electrons. The Hall–Kier alpha value is -1.39. The molecule has 7 nitrogen and oxygen atoms in total. The third kappa shape index (κ3) is 9.31. The normalized spacial score (nSPS) is 16.1. The van der Waals surface area contributed by atoms with Gasteiger partial charge in [0.05, 0.1) is 26.3 Å². The third-order valence-electron chi connectivity index (χ3n) is 4.93. The van der Waals surface area contributed by atoms with Gasteiger partial charge in [-0.25, -0.2) is 4.99 Å². The van der Waals surface area contributed by atoms with Crippen LogP contribution in [0, 0.1) is 5.92 Å². The van der Waals surface area contributed by atoms with Crippen LogP contribution in [0.2, 0.25) is 0 Å². The van der Waals surface area contributed by atoms with Crippen LogP contribution in [0.15, 0.2) is 35.3 Å². The number of morpholine rings is 1. The number of aliphatic imine (C=N–C) groups is 1. The molecule has 1 heterocycles. The van der Waals surface area contributed by atoms with Gasteiger partial charge in [-0.1, -0.05) is 44.2 Å². The Morgan fingerprint density at radius 3 is 2.41 bits per heavy atom. The van der Waals surface area contributed by atoms with E-state index in [-0.39, 0.29) is 36.4 Å². The Labute approximate surface area is 192 Å². The van der Waals surface area contributed by atoms with Gasteiger partial charge in [-0.3, -0.25) is 9.69 Å². The smallest absolute Gasteiger partial charge is 0.241 e. The first-order chi connectivity index (χ1) is 13.5. The topological polar surface area (TPSA) is 69.2 Å². The van der Waals surface area contributed by atoms with E-state index in [0.717, 1.165) is 38.4 Å². The van der Waals surface area contributed by atoms with Crippen LogP contribution in [0.3, 0.4) is 0 Å². The molecule has 8 heteroatoms. The summed E-state index contributed by atoms with van der Waals surface area (Å²) in [5.74, 6) is 1.19. The van der Waals surface area contributed by atoms with Crippen LogP contribution in [-0.4, -0.2) is 81.2 Å². The number of guanidine groups is 1. The van der Waals surface area contributed by atoms with E-state index in [4.69, 9.17) is 4.74 Å². The fourth-order valence-electron chi connectivity index (χ4n) is 3.14. The first kappa shape index (κ1) is 25.6. The van der Waals surface area contributed by atoms with E-state index < -0.39 is 0 Å². The minimum atomic E-state index is 0. The molecule has 2 rings (SSSR count). The molecular weight excluding hydrogens is 481 g/mol. The molecule has 164 valence electrons. The number of rotatable bonds is 8. The highest BCUT2D eigenvalue weighted by Crippen LogP contribution is 2.12. The lowest BCUT2D eigenvalue weighted by molar-refractivity contribution is -0.127. The lowest BCUT2D eigenvalue weighted by Gasteiger charge is -2.37. The number of nitrogens with zero attached hydrogens (tertiary/aromatic N) is 3. The first-order valence-electron chi connectivity index (χ1n) is 10.1. The highest BCUT2D eigenvalue weighted by atomic mass is 127. The maximum atomic E-state index is 12.0. The van der Waals surface area contributed by atoms with E-state index in [9.17, 15) is 4.79 Å². The second-order valence-electron chi connectivity index (χ2n) is 7.63. The van der Waals surface area contributed by atoms with Gasteiger partial charge in [0.2, 0.25) is 5.91 Å². The summed E-state index contributed by atoms with van der Waals surface area (Å²) >= 11 is 0. The predicted octanol–water partition coefficient (Wildman–Crippen LogP) is 1.78. The summed E-state index contributed by atoms with van der Waals surface area (Å²) in [6, 6.07) is 10.5. The van der Waals surface area contributed by atoms with Crippen molar-refractivity contribution in [2.24, 2.45) is 10.9 Å². The molecule has 1 aromatic carbocycles. The number of amides is 1. The van der Waals surface area contributed by atoms with Crippen molar-refractivity contribution < 1.29 is 9.53 Å². The molecule has 1 amide bonds. The van der Waals surface area contributed by atoms with E-state index in [1.165, 1.54) is 0 Å².